The Hall–Kier alpha value is -3.58. The van der Waals surface area contributed by atoms with E-state index in [2.05, 4.69) is 12.2 Å². The first kappa shape index (κ1) is 22.6. The number of carbonyl (C=O) groups is 2. The lowest BCUT2D eigenvalue weighted by Gasteiger charge is -2.16. The molecule has 0 spiro atoms. The van der Waals surface area contributed by atoms with Crippen LogP contribution >= 0.6 is 11.3 Å². The van der Waals surface area contributed by atoms with Gasteiger partial charge in [-0.3, -0.25) is 9.59 Å². The third kappa shape index (κ3) is 4.50. The Morgan fingerprint density at radius 3 is 2.24 bits per heavy atom. The fourth-order valence-electron chi connectivity index (χ4n) is 3.68. The van der Waals surface area contributed by atoms with Gasteiger partial charge in [0, 0.05) is 16.6 Å². The van der Waals surface area contributed by atoms with Crippen molar-refractivity contribution in [2.45, 2.75) is 27.2 Å². The summed E-state index contributed by atoms with van der Waals surface area (Å²) in [5.41, 5.74) is 2.93. The topological polar surface area (TPSA) is 67.9 Å². The van der Waals surface area contributed by atoms with Crippen LogP contribution in [0.5, 0.6) is 11.5 Å². The van der Waals surface area contributed by atoms with E-state index in [1.54, 1.807) is 12.1 Å². The molecule has 1 aromatic heterocycles. The molecule has 7 heteroatoms. The molecule has 2 aromatic carbocycles. The largest absolute Gasteiger partial charge is 0.490 e. The van der Waals surface area contributed by atoms with Crippen LogP contribution in [0.25, 0.3) is 5.57 Å². The molecule has 2 heterocycles. The van der Waals surface area contributed by atoms with Crippen molar-refractivity contribution in [3.63, 3.8) is 0 Å². The van der Waals surface area contributed by atoms with Crippen molar-refractivity contribution in [2.75, 3.05) is 23.4 Å². The van der Waals surface area contributed by atoms with E-state index in [0.717, 1.165) is 16.9 Å². The molecule has 3 aromatic rings. The summed E-state index contributed by atoms with van der Waals surface area (Å²) in [6, 6.07) is 16.6. The normalized spacial score (nSPS) is 13.6. The van der Waals surface area contributed by atoms with E-state index >= 15 is 0 Å². The molecule has 6 nitrogen and oxygen atoms in total. The molecule has 1 aliphatic rings. The van der Waals surface area contributed by atoms with E-state index < -0.39 is 0 Å². The monoisotopic (exact) mass is 462 g/mol. The Labute approximate surface area is 197 Å². The van der Waals surface area contributed by atoms with Gasteiger partial charge >= 0.3 is 0 Å². The Kier molecular flexibility index (Phi) is 6.79. The number of hydrogen-bond donors (Lipinski definition) is 1. The van der Waals surface area contributed by atoms with Gasteiger partial charge in [-0.2, -0.15) is 0 Å². The SMILES string of the molecule is CCOc1ccc(NC2=C(c3cccs3)C(=O)N(c3ccc(CC)cc3)C2=O)cc1OCC. The highest BCUT2D eigenvalue weighted by Crippen LogP contribution is 2.37. The molecule has 0 unspecified atom stereocenters. The summed E-state index contributed by atoms with van der Waals surface area (Å²) < 4.78 is 11.3. The zero-order chi connectivity index (χ0) is 23.4. The molecule has 1 N–H and O–H groups in total. The number of nitrogens with one attached hydrogen (secondary N) is 1. The molecular weight excluding hydrogens is 436 g/mol. The predicted molar refractivity (Wildman–Crippen MR) is 132 cm³/mol. The molecule has 170 valence electrons. The fraction of sp³-hybridized carbons (Fsp3) is 0.231. The molecule has 0 aliphatic carbocycles. The highest BCUT2D eigenvalue weighted by molar-refractivity contribution is 7.11. The van der Waals surface area contributed by atoms with Gasteiger partial charge in [-0.25, -0.2) is 4.90 Å². The lowest BCUT2D eigenvalue weighted by molar-refractivity contribution is -0.120. The number of amides is 2. The van der Waals surface area contributed by atoms with Gasteiger partial charge in [-0.15, -0.1) is 11.3 Å². The average molecular weight is 463 g/mol. The number of rotatable bonds is 9. The van der Waals surface area contributed by atoms with Crippen LogP contribution in [0.1, 0.15) is 31.2 Å². The summed E-state index contributed by atoms with van der Waals surface area (Å²) in [5, 5.41) is 5.08. The number of aryl methyl sites for hydroxylation is 1. The van der Waals surface area contributed by atoms with Gasteiger partial charge in [0.2, 0.25) is 0 Å². The van der Waals surface area contributed by atoms with Crippen molar-refractivity contribution < 1.29 is 19.1 Å². The predicted octanol–water partition coefficient (Wildman–Crippen LogP) is 5.50. The van der Waals surface area contributed by atoms with E-state index in [0.29, 0.717) is 41.7 Å². The first-order valence-corrected chi connectivity index (χ1v) is 11.9. The maximum absolute atomic E-state index is 13.5. The summed E-state index contributed by atoms with van der Waals surface area (Å²) in [5.74, 6) is 0.472. The quantitative estimate of drug-likeness (QED) is 0.425. The highest BCUT2D eigenvalue weighted by atomic mass is 32.1. The molecule has 33 heavy (non-hydrogen) atoms. The van der Waals surface area contributed by atoms with Gasteiger partial charge in [0.25, 0.3) is 11.8 Å². The van der Waals surface area contributed by atoms with Crippen LogP contribution in [0.15, 0.2) is 65.7 Å². The molecule has 0 radical (unpaired) electrons. The van der Waals surface area contributed by atoms with Crippen LogP contribution in [-0.4, -0.2) is 25.0 Å². The maximum atomic E-state index is 13.5. The molecular formula is C26H26N2O4S. The van der Waals surface area contributed by atoms with Gasteiger partial charge in [0.1, 0.15) is 5.70 Å². The van der Waals surface area contributed by atoms with Crippen molar-refractivity contribution in [1.82, 2.24) is 0 Å². The van der Waals surface area contributed by atoms with Crippen LogP contribution in [0.4, 0.5) is 11.4 Å². The number of nitrogens with zero attached hydrogens (tertiary/aromatic N) is 1. The second-order valence-corrected chi connectivity index (χ2v) is 8.29. The average Bonchev–Trinajstić information content (AvgIpc) is 3.43. The van der Waals surface area contributed by atoms with Crippen LogP contribution in [-0.2, 0) is 16.0 Å². The minimum absolute atomic E-state index is 0.244. The lowest BCUT2D eigenvalue weighted by atomic mass is 10.1. The number of thiophene rings is 1. The van der Waals surface area contributed by atoms with Gasteiger partial charge in [-0.05, 0) is 61.5 Å². The van der Waals surface area contributed by atoms with Gasteiger partial charge in [-0.1, -0.05) is 25.1 Å². The minimum Gasteiger partial charge on any atom is -0.490 e. The number of anilines is 2. The van der Waals surface area contributed by atoms with Crippen molar-refractivity contribution in [1.29, 1.82) is 0 Å². The van der Waals surface area contributed by atoms with Crippen molar-refractivity contribution >= 4 is 40.1 Å². The fourth-order valence-corrected chi connectivity index (χ4v) is 4.45. The molecule has 0 atom stereocenters. The molecule has 0 bridgehead atoms. The first-order valence-electron chi connectivity index (χ1n) is 11.0. The number of benzene rings is 2. The zero-order valence-corrected chi connectivity index (χ0v) is 19.7. The van der Waals surface area contributed by atoms with Crippen molar-refractivity contribution in [3.05, 3.63) is 76.1 Å². The van der Waals surface area contributed by atoms with Crippen molar-refractivity contribution in [2.24, 2.45) is 0 Å². The maximum Gasteiger partial charge on any atom is 0.282 e. The molecule has 0 saturated heterocycles. The van der Waals surface area contributed by atoms with Gasteiger partial charge < -0.3 is 14.8 Å². The molecule has 2 amide bonds. The van der Waals surface area contributed by atoms with Crippen LogP contribution < -0.4 is 19.7 Å². The van der Waals surface area contributed by atoms with Crippen LogP contribution in [0, 0.1) is 0 Å². The smallest absolute Gasteiger partial charge is 0.282 e. The molecule has 0 fully saturated rings. The number of ether oxygens (including phenoxy) is 2. The summed E-state index contributed by atoms with van der Waals surface area (Å²) in [6.07, 6.45) is 0.883. The Morgan fingerprint density at radius 1 is 0.879 bits per heavy atom. The molecule has 1 aliphatic heterocycles. The van der Waals surface area contributed by atoms with Crippen LogP contribution in [0.3, 0.4) is 0 Å². The van der Waals surface area contributed by atoms with Crippen LogP contribution in [0.2, 0.25) is 0 Å². The lowest BCUT2D eigenvalue weighted by Crippen LogP contribution is -2.32. The van der Waals surface area contributed by atoms with Gasteiger partial charge in [0.05, 0.1) is 24.5 Å². The van der Waals surface area contributed by atoms with Gasteiger partial charge in [0.15, 0.2) is 11.5 Å². The summed E-state index contributed by atoms with van der Waals surface area (Å²) in [7, 11) is 0. The molecule has 4 rings (SSSR count). The highest BCUT2D eigenvalue weighted by Gasteiger charge is 2.40. The second kappa shape index (κ2) is 9.92. The Balaban J connectivity index is 1.73. The minimum atomic E-state index is -0.389. The Bertz CT molecular complexity index is 1180. The van der Waals surface area contributed by atoms with E-state index in [-0.39, 0.29) is 17.5 Å². The van der Waals surface area contributed by atoms with Crippen molar-refractivity contribution in [3.8, 4) is 11.5 Å². The summed E-state index contributed by atoms with van der Waals surface area (Å²) in [6.45, 7) is 6.86. The number of carbonyl (C=O) groups excluding carboxylic acids is 2. The third-order valence-electron chi connectivity index (χ3n) is 5.27. The summed E-state index contributed by atoms with van der Waals surface area (Å²) >= 11 is 1.42. The third-order valence-corrected chi connectivity index (χ3v) is 6.15. The van der Waals surface area contributed by atoms with E-state index in [9.17, 15) is 9.59 Å². The zero-order valence-electron chi connectivity index (χ0n) is 18.9. The number of imide groups is 1. The summed E-state index contributed by atoms with van der Waals surface area (Å²) in [4.78, 5) is 28.9. The Morgan fingerprint density at radius 2 is 1.61 bits per heavy atom. The van der Waals surface area contributed by atoms with E-state index in [4.69, 9.17) is 9.47 Å². The number of hydrogen-bond acceptors (Lipinski definition) is 6. The molecule has 0 saturated carbocycles. The van der Waals surface area contributed by atoms with E-state index in [1.165, 1.54) is 16.2 Å². The second-order valence-electron chi connectivity index (χ2n) is 7.35. The standard InChI is InChI=1S/C26H26N2O4S/c1-4-17-9-12-19(13-10-17)28-25(29)23(22-8-7-15-33-22)24(26(28)30)27-18-11-14-20(31-5-2)21(16-18)32-6-3/h7-16,27H,4-6H2,1-3H3. The first-order chi connectivity index (χ1) is 16.1. The van der Waals surface area contributed by atoms with E-state index in [1.807, 2.05) is 61.7 Å².